The largest absolute Gasteiger partial charge is 0.453 e. The minimum Gasteiger partial charge on any atom is -0.453 e. The Morgan fingerprint density at radius 3 is 2.75 bits per heavy atom. The van der Waals surface area contributed by atoms with Gasteiger partial charge in [-0.1, -0.05) is 0 Å². The minimum absolute atomic E-state index is 0.152. The number of likely N-dealkylation sites (tertiary alicyclic amines) is 1. The molecule has 1 aliphatic carbocycles. The van der Waals surface area contributed by atoms with E-state index in [-0.39, 0.29) is 6.09 Å². The summed E-state index contributed by atoms with van der Waals surface area (Å²) in [6.07, 6.45) is 4.91. The second kappa shape index (κ2) is 2.64. The average molecular weight is 169 g/mol. The summed E-state index contributed by atoms with van der Waals surface area (Å²) >= 11 is 0. The van der Waals surface area contributed by atoms with Gasteiger partial charge in [0.25, 0.3) is 0 Å². The van der Waals surface area contributed by atoms with E-state index in [9.17, 15) is 4.79 Å². The molecule has 0 aromatic heterocycles. The van der Waals surface area contributed by atoms with Crippen LogP contribution in [0.2, 0.25) is 0 Å². The molecule has 0 bridgehead atoms. The summed E-state index contributed by atoms with van der Waals surface area (Å²) in [6.45, 7) is 1.81. The van der Waals surface area contributed by atoms with Gasteiger partial charge < -0.3 is 9.64 Å². The first-order valence-corrected chi connectivity index (χ1v) is 4.59. The van der Waals surface area contributed by atoms with Gasteiger partial charge in [0.15, 0.2) is 0 Å². The van der Waals surface area contributed by atoms with E-state index < -0.39 is 0 Å². The Morgan fingerprint density at radius 2 is 2.17 bits per heavy atom. The highest BCUT2D eigenvalue weighted by Gasteiger charge is 2.46. The van der Waals surface area contributed by atoms with Gasteiger partial charge in [-0.2, -0.15) is 0 Å². The van der Waals surface area contributed by atoms with Crippen molar-refractivity contribution in [3.05, 3.63) is 0 Å². The average Bonchev–Trinajstić information content (AvgIpc) is 2.84. The fraction of sp³-hybridized carbons (Fsp3) is 0.889. The number of carbonyl (C=O) groups excluding carboxylic acids is 1. The first-order valence-electron chi connectivity index (χ1n) is 4.59. The molecule has 3 heteroatoms. The van der Waals surface area contributed by atoms with Crippen LogP contribution in [-0.4, -0.2) is 31.2 Å². The molecule has 0 radical (unpaired) electrons. The van der Waals surface area contributed by atoms with E-state index in [2.05, 4.69) is 0 Å². The zero-order valence-corrected chi connectivity index (χ0v) is 7.51. The first kappa shape index (κ1) is 7.90. The van der Waals surface area contributed by atoms with Gasteiger partial charge in [0.1, 0.15) is 0 Å². The summed E-state index contributed by atoms with van der Waals surface area (Å²) in [5.41, 5.74) is 0.506. The number of amides is 1. The molecule has 0 aromatic carbocycles. The molecule has 1 aliphatic heterocycles. The Morgan fingerprint density at radius 1 is 1.42 bits per heavy atom. The molecule has 3 nitrogen and oxygen atoms in total. The van der Waals surface area contributed by atoms with E-state index in [1.165, 1.54) is 26.4 Å². The summed E-state index contributed by atoms with van der Waals surface area (Å²) in [4.78, 5) is 13.0. The Bertz CT molecular complexity index is 199. The Hall–Kier alpha value is -0.730. The third-order valence-corrected chi connectivity index (χ3v) is 3.05. The van der Waals surface area contributed by atoms with Crippen molar-refractivity contribution >= 4 is 6.09 Å². The normalized spacial score (nSPS) is 25.6. The van der Waals surface area contributed by atoms with Crippen LogP contribution in [0.3, 0.4) is 0 Å². The van der Waals surface area contributed by atoms with E-state index in [1.54, 1.807) is 0 Å². The van der Waals surface area contributed by atoms with Gasteiger partial charge in [0, 0.05) is 13.1 Å². The maximum atomic E-state index is 11.2. The topological polar surface area (TPSA) is 29.5 Å². The van der Waals surface area contributed by atoms with Crippen LogP contribution in [0.25, 0.3) is 0 Å². The number of hydrogen-bond donors (Lipinski definition) is 0. The molecular weight excluding hydrogens is 154 g/mol. The Labute approximate surface area is 72.7 Å². The molecule has 0 unspecified atom stereocenters. The lowest BCUT2D eigenvalue weighted by Gasteiger charge is -2.31. The van der Waals surface area contributed by atoms with Crippen molar-refractivity contribution < 1.29 is 9.53 Å². The van der Waals surface area contributed by atoms with Gasteiger partial charge in [0.05, 0.1) is 7.11 Å². The molecule has 2 aliphatic rings. The zero-order valence-electron chi connectivity index (χ0n) is 7.51. The molecule has 0 N–H and O–H groups in total. The predicted molar refractivity (Wildman–Crippen MR) is 44.9 cm³/mol. The summed E-state index contributed by atoms with van der Waals surface area (Å²) in [6, 6.07) is 0. The van der Waals surface area contributed by atoms with Crippen molar-refractivity contribution in [1.82, 2.24) is 4.90 Å². The van der Waals surface area contributed by atoms with Gasteiger partial charge in [0.2, 0.25) is 0 Å². The van der Waals surface area contributed by atoms with Crippen molar-refractivity contribution in [2.24, 2.45) is 5.41 Å². The van der Waals surface area contributed by atoms with E-state index in [0.29, 0.717) is 5.41 Å². The van der Waals surface area contributed by atoms with Crippen LogP contribution in [0.4, 0.5) is 4.79 Å². The standard InChI is InChI=1S/C9H15NO2/c1-12-8(11)10-6-2-3-9(7-10)4-5-9/h2-7H2,1H3. The monoisotopic (exact) mass is 169 g/mol. The van der Waals surface area contributed by atoms with Crippen LogP contribution in [0.5, 0.6) is 0 Å². The predicted octanol–water partition coefficient (Wildman–Crippen LogP) is 1.63. The first-order chi connectivity index (χ1) is 5.76. The number of hydrogen-bond acceptors (Lipinski definition) is 2. The van der Waals surface area contributed by atoms with Gasteiger partial charge >= 0.3 is 6.09 Å². The van der Waals surface area contributed by atoms with Crippen molar-refractivity contribution in [1.29, 1.82) is 0 Å². The molecular formula is C9H15NO2. The molecule has 2 rings (SSSR count). The van der Waals surface area contributed by atoms with Crippen LogP contribution in [-0.2, 0) is 4.74 Å². The molecule has 0 atom stereocenters. The van der Waals surface area contributed by atoms with Crippen LogP contribution in [0.1, 0.15) is 25.7 Å². The van der Waals surface area contributed by atoms with Gasteiger partial charge in [-0.3, -0.25) is 0 Å². The van der Waals surface area contributed by atoms with Crippen molar-refractivity contribution in [3.8, 4) is 0 Å². The molecule has 1 saturated heterocycles. The SMILES string of the molecule is COC(=O)N1CCCC2(CC2)C1. The summed E-state index contributed by atoms with van der Waals surface area (Å²) < 4.78 is 4.70. The lowest BCUT2D eigenvalue weighted by atomic mass is 9.95. The fourth-order valence-corrected chi connectivity index (χ4v) is 2.08. The van der Waals surface area contributed by atoms with Crippen LogP contribution >= 0.6 is 0 Å². The van der Waals surface area contributed by atoms with E-state index in [1.807, 2.05) is 4.90 Å². The fourth-order valence-electron chi connectivity index (χ4n) is 2.08. The smallest absolute Gasteiger partial charge is 0.409 e. The van der Waals surface area contributed by atoms with E-state index in [4.69, 9.17) is 4.74 Å². The molecule has 2 fully saturated rings. The highest BCUT2D eigenvalue weighted by atomic mass is 16.5. The summed E-state index contributed by atoms with van der Waals surface area (Å²) in [5.74, 6) is 0. The molecule has 68 valence electrons. The number of ether oxygens (including phenoxy) is 1. The lowest BCUT2D eigenvalue weighted by molar-refractivity contribution is 0.0975. The summed E-state index contributed by atoms with van der Waals surface area (Å²) in [5, 5.41) is 0. The van der Waals surface area contributed by atoms with Gasteiger partial charge in [-0.25, -0.2) is 4.79 Å². The Balaban J connectivity index is 1.94. The van der Waals surface area contributed by atoms with Crippen molar-refractivity contribution in [2.75, 3.05) is 20.2 Å². The maximum absolute atomic E-state index is 11.2. The van der Waals surface area contributed by atoms with Crippen LogP contribution < -0.4 is 0 Å². The van der Waals surface area contributed by atoms with Gasteiger partial charge in [-0.15, -0.1) is 0 Å². The number of nitrogens with zero attached hydrogens (tertiary/aromatic N) is 1. The molecule has 1 saturated carbocycles. The molecule has 1 amide bonds. The number of carbonyl (C=O) groups is 1. The van der Waals surface area contributed by atoms with Crippen LogP contribution in [0.15, 0.2) is 0 Å². The lowest BCUT2D eigenvalue weighted by Crippen LogP contribution is -2.40. The molecule has 0 aromatic rings. The highest BCUT2D eigenvalue weighted by molar-refractivity contribution is 5.67. The Kier molecular flexibility index (Phi) is 1.74. The highest BCUT2D eigenvalue weighted by Crippen LogP contribution is 2.51. The molecule has 1 spiro atoms. The molecule has 1 heterocycles. The van der Waals surface area contributed by atoms with Gasteiger partial charge in [-0.05, 0) is 31.1 Å². The molecule has 12 heavy (non-hydrogen) atoms. The minimum atomic E-state index is -0.152. The number of rotatable bonds is 0. The van der Waals surface area contributed by atoms with Crippen molar-refractivity contribution in [3.63, 3.8) is 0 Å². The van der Waals surface area contributed by atoms with Crippen LogP contribution in [0, 0.1) is 5.41 Å². The quantitative estimate of drug-likeness (QED) is 0.551. The zero-order chi connectivity index (χ0) is 8.60. The van der Waals surface area contributed by atoms with E-state index in [0.717, 1.165) is 19.5 Å². The maximum Gasteiger partial charge on any atom is 0.409 e. The summed E-state index contributed by atoms with van der Waals surface area (Å²) in [7, 11) is 1.45. The second-order valence-electron chi connectivity index (χ2n) is 4.00. The number of methoxy groups -OCH3 is 1. The number of piperidine rings is 1. The second-order valence-corrected chi connectivity index (χ2v) is 4.00. The van der Waals surface area contributed by atoms with E-state index >= 15 is 0 Å². The van der Waals surface area contributed by atoms with Crippen molar-refractivity contribution in [2.45, 2.75) is 25.7 Å². The third kappa shape index (κ3) is 1.28. The third-order valence-electron chi connectivity index (χ3n) is 3.05.